The minimum atomic E-state index is -4.53. The maximum atomic E-state index is 12.8. The normalized spacial score (nSPS) is 17.7. The SMILES string of the molecule is Cc1cc(N2CCC[C@H](NC(=O)c3ccc(C(F)(F)F)nc3C)CC2)nc(C)n1. The van der Waals surface area contributed by atoms with Gasteiger partial charge in [0, 0.05) is 30.9 Å². The van der Waals surface area contributed by atoms with Crippen molar-refractivity contribution in [2.75, 3.05) is 18.0 Å². The van der Waals surface area contributed by atoms with Crippen molar-refractivity contribution in [3.05, 3.63) is 46.7 Å². The van der Waals surface area contributed by atoms with Gasteiger partial charge in [0.15, 0.2) is 0 Å². The highest BCUT2D eigenvalue weighted by Crippen LogP contribution is 2.28. The van der Waals surface area contributed by atoms with Crippen LogP contribution in [-0.2, 0) is 6.18 Å². The van der Waals surface area contributed by atoms with Gasteiger partial charge in [-0.05, 0) is 52.2 Å². The first-order valence-electron chi connectivity index (χ1n) is 9.56. The Balaban J connectivity index is 1.65. The van der Waals surface area contributed by atoms with Crippen LogP contribution in [-0.4, -0.2) is 40.0 Å². The van der Waals surface area contributed by atoms with Gasteiger partial charge in [0.2, 0.25) is 0 Å². The number of hydrogen-bond acceptors (Lipinski definition) is 5. The van der Waals surface area contributed by atoms with Gasteiger partial charge >= 0.3 is 6.18 Å². The molecule has 0 bridgehead atoms. The minimum absolute atomic E-state index is 0.0572. The molecular weight excluding hydrogens is 383 g/mol. The molecule has 1 fully saturated rings. The van der Waals surface area contributed by atoms with E-state index in [0.717, 1.165) is 55.8 Å². The van der Waals surface area contributed by atoms with E-state index in [0.29, 0.717) is 0 Å². The highest BCUT2D eigenvalue weighted by molar-refractivity contribution is 5.95. The van der Waals surface area contributed by atoms with Crippen molar-refractivity contribution in [2.24, 2.45) is 0 Å². The van der Waals surface area contributed by atoms with Gasteiger partial charge in [-0.25, -0.2) is 15.0 Å². The van der Waals surface area contributed by atoms with Gasteiger partial charge in [-0.3, -0.25) is 4.79 Å². The third-order valence-corrected chi connectivity index (χ3v) is 4.96. The van der Waals surface area contributed by atoms with Crippen molar-refractivity contribution in [3.63, 3.8) is 0 Å². The molecule has 0 aliphatic carbocycles. The number of carbonyl (C=O) groups is 1. The Morgan fingerprint density at radius 3 is 2.52 bits per heavy atom. The molecular formula is C20H24F3N5O. The van der Waals surface area contributed by atoms with Crippen LogP contribution in [0, 0.1) is 20.8 Å². The molecule has 0 spiro atoms. The molecule has 2 aromatic heterocycles. The largest absolute Gasteiger partial charge is 0.433 e. The zero-order chi connectivity index (χ0) is 21.2. The van der Waals surface area contributed by atoms with Crippen molar-refractivity contribution >= 4 is 11.7 Å². The number of alkyl halides is 3. The lowest BCUT2D eigenvalue weighted by molar-refractivity contribution is -0.141. The number of nitrogens with zero attached hydrogens (tertiary/aromatic N) is 4. The molecule has 1 atom stereocenters. The molecule has 6 nitrogen and oxygen atoms in total. The molecule has 3 rings (SSSR count). The summed E-state index contributed by atoms with van der Waals surface area (Å²) in [5.74, 6) is 1.21. The summed E-state index contributed by atoms with van der Waals surface area (Å²) in [5.41, 5.74) is 0.152. The third-order valence-electron chi connectivity index (χ3n) is 4.96. The number of rotatable bonds is 3. The Bertz CT molecular complexity index is 880. The van der Waals surface area contributed by atoms with Crippen LogP contribution in [0.4, 0.5) is 19.0 Å². The predicted octanol–water partition coefficient (Wildman–Crippen LogP) is 3.60. The highest BCUT2D eigenvalue weighted by atomic mass is 19.4. The first-order chi connectivity index (χ1) is 13.6. The number of aromatic nitrogens is 3. The van der Waals surface area contributed by atoms with Gasteiger partial charge in [0.05, 0.1) is 11.3 Å². The van der Waals surface area contributed by atoms with E-state index in [-0.39, 0.29) is 17.3 Å². The van der Waals surface area contributed by atoms with Gasteiger partial charge < -0.3 is 10.2 Å². The molecule has 0 saturated carbocycles. The summed E-state index contributed by atoms with van der Waals surface area (Å²) in [6.45, 7) is 6.75. The number of amides is 1. The van der Waals surface area contributed by atoms with Crippen LogP contribution in [0.2, 0.25) is 0 Å². The fourth-order valence-corrected chi connectivity index (χ4v) is 3.55. The quantitative estimate of drug-likeness (QED) is 0.842. The van der Waals surface area contributed by atoms with Gasteiger partial charge in [-0.1, -0.05) is 0 Å². The summed E-state index contributed by atoms with van der Waals surface area (Å²) in [6.07, 6.45) is -2.14. The fourth-order valence-electron chi connectivity index (χ4n) is 3.55. The lowest BCUT2D eigenvalue weighted by atomic mass is 10.1. The van der Waals surface area contributed by atoms with Gasteiger partial charge in [-0.15, -0.1) is 0 Å². The number of pyridine rings is 1. The van der Waals surface area contributed by atoms with Crippen molar-refractivity contribution in [1.82, 2.24) is 20.3 Å². The Morgan fingerprint density at radius 1 is 1.10 bits per heavy atom. The molecule has 29 heavy (non-hydrogen) atoms. The molecule has 1 aliphatic heterocycles. The highest BCUT2D eigenvalue weighted by Gasteiger charge is 2.33. The van der Waals surface area contributed by atoms with Crippen LogP contribution in [0.5, 0.6) is 0 Å². The molecule has 0 aromatic carbocycles. The minimum Gasteiger partial charge on any atom is -0.356 e. The molecule has 2 aromatic rings. The van der Waals surface area contributed by atoms with Crippen molar-refractivity contribution in [2.45, 2.75) is 52.3 Å². The summed E-state index contributed by atoms with van der Waals surface area (Å²) in [5, 5.41) is 2.95. The number of hydrogen-bond donors (Lipinski definition) is 1. The number of carbonyl (C=O) groups excluding carboxylic acids is 1. The van der Waals surface area contributed by atoms with Crippen LogP contribution in [0.3, 0.4) is 0 Å². The van der Waals surface area contributed by atoms with E-state index in [9.17, 15) is 18.0 Å². The second-order valence-corrected chi connectivity index (χ2v) is 7.33. The molecule has 3 heterocycles. The monoisotopic (exact) mass is 407 g/mol. The summed E-state index contributed by atoms with van der Waals surface area (Å²) in [4.78, 5) is 27.1. The lowest BCUT2D eigenvalue weighted by Crippen LogP contribution is -2.36. The van der Waals surface area contributed by atoms with E-state index in [1.807, 2.05) is 19.9 Å². The molecule has 1 saturated heterocycles. The molecule has 1 aliphatic rings. The maximum absolute atomic E-state index is 12.8. The van der Waals surface area contributed by atoms with E-state index < -0.39 is 17.8 Å². The number of aryl methyl sites for hydroxylation is 3. The molecule has 1 amide bonds. The average molecular weight is 407 g/mol. The molecule has 156 valence electrons. The van der Waals surface area contributed by atoms with E-state index in [1.54, 1.807) is 0 Å². The topological polar surface area (TPSA) is 71.0 Å². The van der Waals surface area contributed by atoms with Crippen LogP contribution < -0.4 is 10.2 Å². The third kappa shape index (κ3) is 5.21. The van der Waals surface area contributed by atoms with Crippen LogP contribution in [0.1, 0.15) is 52.5 Å². The number of halogens is 3. The van der Waals surface area contributed by atoms with E-state index in [2.05, 4.69) is 25.2 Å². The Labute approximate surface area is 167 Å². The zero-order valence-electron chi connectivity index (χ0n) is 16.7. The number of anilines is 1. The lowest BCUT2D eigenvalue weighted by Gasteiger charge is -2.22. The van der Waals surface area contributed by atoms with E-state index in [1.165, 1.54) is 13.0 Å². The molecule has 9 heteroatoms. The average Bonchev–Trinajstić information content (AvgIpc) is 2.85. The van der Waals surface area contributed by atoms with E-state index >= 15 is 0 Å². The summed E-state index contributed by atoms with van der Waals surface area (Å²) in [7, 11) is 0. The van der Waals surface area contributed by atoms with Gasteiger partial charge in [0.1, 0.15) is 17.3 Å². The fraction of sp³-hybridized carbons (Fsp3) is 0.500. The number of nitrogens with one attached hydrogen (secondary N) is 1. The maximum Gasteiger partial charge on any atom is 0.433 e. The summed E-state index contributed by atoms with van der Waals surface area (Å²) < 4.78 is 38.3. The van der Waals surface area contributed by atoms with Crippen LogP contribution in [0.15, 0.2) is 18.2 Å². The summed E-state index contributed by atoms with van der Waals surface area (Å²) in [6, 6.07) is 3.92. The second kappa shape index (κ2) is 8.34. The first kappa shape index (κ1) is 21.0. The molecule has 0 unspecified atom stereocenters. The second-order valence-electron chi connectivity index (χ2n) is 7.33. The van der Waals surface area contributed by atoms with Gasteiger partial charge in [0.25, 0.3) is 5.91 Å². The van der Waals surface area contributed by atoms with Gasteiger partial charge in [-0.2, -0.15) is 13.2 Å². The predicted molar refractivity (Wildman–Crippen MR) is 103 cm³/mol. The molecule has 1 N–H and O–H groups in total. The molecule has 0 radical (unpaired) electrons. The van der Waals surface area contributed by atoms with Crippen molar-refractivity contribution in [3.8, 4) is 0 Å². The van der Waals surface area contributed by atoms with Crippen LogP contribution >= 0.6 is 0 Å². The first-order valence-corrected chi connectivity index (χ1v) is 9.56. The Hall–Kier alpha value is -2.71. The zero-order valence-corrected chi connectivity index (χ0v) is 16.7. The van der Waals surface area contributed by atoms with Crippen molar-refractivity contribution in [1.29, 1.82) is 0 Å². The standard InChI is InChI=1S/C20H24F3N5O/c1-12-11-18(26-14(3)24-12)28-9-4-5-15(8-10-28)27-19(29)16-6-7-17(20(21,22)23)25-13(16)2/h6-7,11,15H,4-5,8-10H2,1-3H3,(H,27,29)/t15-/m0/s1. The van der Waals surface area contributed by atoms with E-state index in [4.69, 9.17) is 0 Å². The Kier molecular flexibility index (Phi) is 6.04. The smallest absolute Gasteiger partial charge is 0.356 e. The summed E-state index contributed by atoms with van der Waals surface area (Å²) >= 11 is 0. The Morgan fingerprint density at radius 2 is 1.86 bits per heavy atom. The van der Waals surface area contributed by atoms with Crippen molar-refractivity contribution < 1.29 is 18.0 Å². The van der Waals surface area contributed by atoms with Crippen LogP contribution in [0.25, 0.3) is 0 Å².